The molecule has 4 heteroatoms. The molecule has 4 nitrogen and oxygen atoms in total. The number of piperidine rings is 1. The van der Waals surface area contributed by atoms with Crippen molar-refractivity contribution >= 4 is 11.7 Å². The highest BCUT2D eigenvalue weighted by Crippen LogP contribution is 2.30. The molecule has 0 aliphatic carbocycles. The summed E-state index contributed by atoms with van der Waals surface area (Å²) in [6.45, 7) is 5.75. The van der Waals surface area contributed by atoms with Crippen LogP contribution in [0.15, 0.2) is 24.3 Å². The standard InChI is InChI=1S/C15H22N2O2/c1-11-4-6-13(7-5-11)17-15(14(18)19-3)8-9-16-10-12(15)2/h4-7,12,16-17H,8-10H2,1-3H3. The van der Waals surface area contributed by atoms with Gasteiger partial charge < -0.3 is 15.4 Å². The van der Waals surface area contributed by atoms with Crippen LogP contribution >= 0.6 is 0 Å². The smallest absolute Gasteiger partial charge is 0.331 e. The molecule has 2 atom stereocenters. The van der Waals surface area contributed by atoms with Crippen molar-refractivity contribution in [3.05, 3.63) is 29.8 Å². The Morgan fingerprint density at radius 1 is 1.42 bits per heavy atom. The molecule has 0 amide bonds. The molecular weight excluding hydrogens is 240 g/mol. The third kappa shape index (κ3) is 2.73. The lowest BCUT2D eigenvalue weighted by Crippen LogP contribution is -2.59. The fraction of sp³-hybridized carbons (Fsp3) is 0.533. The molecule has 1 aromatic carbocycles. The number of hydrogen-bond acceptors (Lipinski definition) is 4. The minimum Gasteiger partial charge on any atom is -0.467 e. The molecule has 0 saturated carbocycles. The van der Waals surface area contributed by atoms with Crippen LogP contribution in [0.1, 0.15) is 18.9 Å². The Morgan fingerprint density at radius 3 is 2.68 bits per heavy atom. The monoisotopic (exact) mass is 262 g/mol. The largest absolute Gasteiger partial charge is 0.467 e. The Bertz CT molecular complexity index is 444. The summed E-state index contributed by atoms with van der Waals surface area (Å²) in [6.07, 6.45) is 0.731. The second kappa shape index (κ2) is 5.61. The maximum atomic E-state index is 12.3. The Hall–Kier alpha value is -1.55. The van der Waals surface area contributed by atoms with Crippen molar-refractivity contribution in [3.63, 3.8) is 0 Å². The predicted molar refractivity (Wildman–Crippen MR) is 76.2 cm³/mol. The Morgan fingerprint density at radius 2 is 2.11 bits per heavy atom. The zero-order chi connectivity index (χ0) is 13.9. The molecule has 1 aromatic rings. The lowest BCUT2D eigenvalue weighted by atomic mass is 9.79. The molecule has 1 aliphatic heterocycles. The minimum absolute atomic E-state index is 0.176. The van der Waals surface area contributed by atoms with Gasteiger partial charge in [0, 0.05) is 18.2 Å². The molecule has 104 valence electrons. The van der Waals surface area contributed by atoms with Gasteiger partial charge in [0.2, 0.25) is 0 Å². The number of esters is 1. The first-order valence-electron chi connectivity index (χ1n) is 6.72. The van der Waals surface area contributed by atoms with E-state index in [9.17, 15) is 4.79 Å². The molecule has 2 N–H and O–H groups in total. The van der Waals surface area contributed by atoms with Gasteiger partial charge in [-0.25, -0.2) is 4.79 Å². The van der Waals surface area contributed by atoms with E-state index in [2.05, 4.69) is 17.6 Å². The maximum Gasteiger partial charge on any atom is 0.331 e. The van der Waals surface area contributed by atoms with Crippen molar-refractivity contribution in [2.75, 3.05) is 25.5 Å². The van der Waals surface area contributed by atoms with E-state index in [1.54, 1.807) is 0 Å². The zero-order valence-corrected chi connectivity index (χ0v) is 11.8. The van der Waals surface area contributed by atoms with Crippen LogP contribution in [-0.4, -0.2) is 31.7 Å². The lowest BCUT2D eigenvalue weighted by Gasteiger charge is -2.41. The molecule has 0 spiro atoms. The van der Waals surface area contributed by atoms with Crippen LogP contribution in [0.2, 0.25) is 0 Å². The molecule has 0 radical (unpaired) electrons. The van der Waals surface area contributed by atoms with Gasteiger partial charge in [0.05, 0.1) is 7.11 Å². The van der Waals surface area contributed by atoms with E-state index in [0.717, 1.165) is 25.2 Å². The molecule has 2 rings (SSSR count). The van der Waals surface area contributed by atoms with Gasteiger partial charge in [-0.05, 0) is 32.0 Å². The van der Waals surface area contributed by atoms with Crippen molar-refractivity contribution in [2.45, 2.75) is 25.8 Å². The lowest BCUT2D eigenvalue weighted by molar-refractivity contribution is -0.148. The number of carbonyl (C=O) groups excluding carboxylic acids is 1. The summed E-state index contributed by atoms with van der Waals surface area (Å²) in [7, 11) is 1.45. The number of carbonyl (C=O) groups is 1. The van der Waals surface area contributed by atoms with E-state index >= 15 is 0 Å². The molecule has 1 fully saturated rings. The van der Waals surface area contributed by atoms with E-state index in [4.69, 9.17) is 4.74 Å². The van der Waals surface area contributed by atoms with Gasteiger partial charge in [-0.2, -0.15) is 0 Å². The van der Waals surface area contributed by atoms with Crippen LogP contribution in [0.25, 0.3) is 0 Å². The fourth-order valence-corrected chi connectivity index (χ4v) is 2.64. The molecule has 2 unspecified atom stereocenters. The quantitative estimate of drug-likeness (QED) is 0.818. The van der Waals surface area contributed by atoms with Crippen LogP contribution in [-0.2, 0) is 9.53 Å². The van der Waals surface area contributed by atoms with Crippen molar-refractivity contribution in [3.8, 4) is 0 Å². The number of anilines is 1. The van der Waals surface area contributed by atoms with Gasteiger partial charge >= 0.3 is 5.97 Å². The second-order valence-corrected chi connectivity index (χ2v) is 5.31. The third-order valence-electron chi connectivity index (χ3n) is 3.96. The molecule has 1 saturated heterocycles. The zero-order valence-electron chi connectivity index (χ0n) is 11.8. The maximum absolute atomic E-state index is 12.3. The second-order valence-electron chi connectivity index (χ2n) is 5.31. The first-order chi connectivity index (χ1) is 9.08. The summed E-state index contributed by atoms with van der Waals surface area (Å²) in [5.41, 5.74) is 1.54. The highest BCUT2D eigenvalue weighted by atomic mass is 16.5. The van der Waals surface area contributed by atoms with Crippen molar-refractivity contribution in [1.29, 1.82) is 0 Å². The number of benzene rings is 1. The first kappa shape index (κ1) is 13.9. The van der Waals surface area contributed by atoms with Crippen LogP contribution < -0.4 is 10.6 Å². The van der Waals surface area contributed by atoms with Crippen LogP contribution in [0.5, 0.6) is 0 Å². The predicted octanol–water partition coefficient (Wildman–Crippen LogP) is 1.95. The normalized spacial score (nSPS) is 26.8. The summed E-state index contributed by atoms with van der Waals surface area (Å²) < 4.78 is 5.03. The molecule has 19 heavy (non-hydrogen) atoms. The molecule has 0 aromatic heterocycles. The Balaban J connectivity index is 2.27. The average molecular weight is 262 g/mol. The number of aryl methyl sites for hydroxylation is 1. The highest BCUT2D eigenvalue weighted by Gasteiger charge is 2.46. The molecule has 0 bridgehead atoms. The van der Waals surface area contributed by atoms with Crippen LogP contribution in [0.4, 0.5) is 5.69 Å². The van der Waals surface area contributed by atoms with Gasteiger partial charge in [0.25, 0.3) is 0 Å². The number of rotatable bonds is 3. The molecule has 1 aliphatic rings. The minimum atomic E-state index is -0.630. The van der Waals surface area contributed by atoms with Gasteiger partial charge in [-0.15, -0.1) is 0 Å². The average Bonchev–Trinajstić information content (AvgIpc) is 2.43. The van der Waals surface area contributed by atoms with Crippen molar-refractivity contribution in [2.24, 2.45) is 5.92 Å². The van der Waals surface area contributed by atoms with E-state index < -0.39 is 5.54 Å². The van der Waals surface area contributed by atoms with Crippen LogP contribution in [0, 0.1) is 12.8 Å². The summed E-state index contributed by atoms with van der Waals surface area (Å²) in [4.78, 5) is 12.3. The van der Waals surface area contributed by atoms with Crippen molar-refractivity contribution < 1.29 is 9.53 Å². The number of hydrogen-bond donors (Lipinski definition) is 2. The third-order valence-corrected chi connectivity index (χ3v) is 3.96. The van der Waals surface area contributed by atoms with Gasteiger partial charge in [0.15, 0.2) is 0 Å². The topological polar surface area (TPSA) is 50.4 Å². The number of ether oxygens (including phenoxy) is 1. The molecule has 1 heterocycles. The number of nitrogens with one attached hydrogen (secondary N) is 2. The SMILES string of the molecule is COC(=O)C1(Nc2ccc(C)cc2)CCNCC1C. The first-order valence-corrected chi connectivity index (χ1v) is 6.72. The summed E-state index contributed by atoms with van der Waals surface area (Å²) in [5.74, 6) is -0.00271. The van der Waals surface area contributed by atoms with E-state index in [1.165, 1.54) is 12.7 Å². The fourth-order valence-electron chi connectivity index (χ4n) is 2.64. The van der Waals surface area contributed by atoms with E-state index in [1.807, 2.05) is 31.2 Å². The van der Waals surface area contributed by atoms with E-state index in [0.29, 0.717) is 0 Å². The summed E-state index contributed by atoms with van der Waals surface area (Å²) in [6, 6.07) is 8.10. The Kier molecular flexibility index (Phi) is 4.10. The molecular formula is C15H22N2O2. The van der Waals surface area contributed by atoms with Gasteiger partial charge in [-0.1, -0.05) is 24.6 Å². The van der Waals surface area contributed by atoms with Crippen molar-refractivity contribution in [1.82, 2.24) is 5.32 Å². The number of methoxy groups -OCH3 is 1. The Labute approximate surface area is 114 Å². The van der Waals surface area contributed by atoms with Gasteiger partial charge in [0.1, 0.15) is 5.54 Å². The van der Waals surface area contributed by atoms with E-state index in [-0.39, 0.29) is 11.9 Å². The van der Waals surface area contributed by atoms with Gasteiger partial charge in [-0.3, -0.25) is 0 Å². The summed E-state index contributed by atoms with van der Waals surface area (Å²) in [5, 5.41) is 6.72. The summed E-state index contributed by atoms with van der Waals surface area (Å²) >= 11 is 0. The van der Waals surface area contributed by atoms with Crippen LogP contribution in [0.3, 0.4) is 0 Å². The highest BCUT2D eigenvalue weighted by molar-refractivity contribution is 5.85.